The van der Waals surface area contributed by atoms with Gasteiger partial charge < -0.3 is 19.1 Å². The number of ether oxygens (including phenoxy) is 3. The lowest BCUT2D eigenvalue weighted by atomic mass is 10.1. The third kappa shape index (κ3) is 7.38. The summed E-state index contributed by atoms with van der Waals surface area (Å²) in [5, 5.41) is 9.06. The number of anilines is 1. The summed E-state index contributed by atoms with van der Waals surface area (Å²) in [5.74, 6) is 0.0436. The number of pyridine rings is 1. The van der Waals surface area contributed by atoms with Crippen LogP contribution in [0.3, 0.4) is 0 Å². The van der Waals surface area contributed by atoms with E-state index >= 15 is 0 Å². The number of morpholine rings is 1. The number of hydrogen-bond donors (Lipinski definition) is 1. The average molecular weight is 603 g/mol. The van der Waals surface area contributed by atoms with E-state index in [4.69, 9.17) is 14.2 Å². The number of hydrazone groups is 1. The topological polar surface area (TPSA) is 136 Å². The molecule has 0 unspecified atom stereocenters. The van der Waals surface area contributed by atoms with E-state index in [0.29, 0.717) is 72.9 Å². The minimum absolute atomic E-state index is 0.150. The normalized spacial score (nSPS) is 18.3. The predicted molar refractivity (Wildman–Crippen MR) is 156 cm³/mol. The van der Waals surface area contributed by atoms with E-state index in [1.807, 2.05) is 20.2 Å². The van der Waals surface area contributed by atoms with Crippen molar-refractivity contribution >= 4 is 48.3 Å². The van der Waals surface area contributed by atoms with Gasteiger partial charge in [-0.1, -0.05) is 23.5 Å². The number of rotatable bonds is 11. The Balaban J connectivity index is 1.34. The zero-order valence-electron chi connectivity index (χ0n) is 23.1. The van der Waals surface area contributed by atoms with Crippen LogP contribution in [0.5, 0.6) is 5.88 Å². The van der Waals surface area contributed by atoms with Gasteiger partial charge in [0.15, 0.2) is 20.7 Å². The highest BCUT2D eigenvalue weighted by Gasteiger charge is 2.31. The highest BCUT2D eigenvalue weighted by Crippen LogP contribution is 2.27. The zero-order valence-corrected chi connectivity index (χ0v) is 24.7. The number of fused-ring (bicyclic) bond motifs is 1. The van der Waals surface area contributed by atoms with E-state index in [1.165, 1.54) is 23.5 Å². The molecule has 41 heavy (non-hydrogen) atoms. The monoisotopic (exact) mass is 602 g/mol. The van der Waals surface area contributed by atoms with E-state index < -0.39 is 21.0 Å². The molecule has 1 amide bonds. The van der Waals surface area contributed by atoms with Crippen molar-refractivity contribution in [3.05, 3.63) is 42.0 Å². The summed E-state index contributed by atoms with van der Waals surface area (Å²) in [6, 6.07) is 9.84. The number of nitrogens with one attached hydrogen (secondary N) is 1. The summed E-state index contributed by atoms with van der Waals surface area (Å²) in [5.41, 5.74) is 1.28. The minimum Gasteiger partial charge on any atom is -0.478 e. The Morgan fingerprint density at radius 3 is 2.61 bits per heavy atom. The lowest BCUT2D eigenvalue weighted by Gasteiger charge is -2.25. The van der Waals surface area contributed by atoms with Gasteiger partial charge in [-0.3, -0.25) is 15.1 Å². The van der Waals surface area contributed by atoms with Gasteiger partial charge in [-0.25, -0.2) is 18.4 Å². The molecule has 2 aromatic heterocycles. The summed E-state index contributed by atoms with van der Waals surface area (Å²) >= 11 is 1.24. The molecule has 2 aliphatic heterocycles. The van der Waals surface area contributed by atoms with E-state index in [2.05, 4.69) is 25.3 Å². The van der Waals surface area contributed by atoms with E-state index in [1.54, 1.807) is 23.2 Å². The fraction of sp³-hybridized carbons (Fsp3) is 0.481. The van der Waals surface area contributed by atoms with Crippen LogP contribution in [0.25, 0.3) is 10.3 Å². The molecular formula is C27H34N6O6S2. The molecule has 0 bridgehead atoms. The van der Waals surface area contributed by atoms with Crippen molar-refractivity contribution in [3.8, 4) is 5.88 Å². The molecule has 4 heterocycles. The maximum atomic E-state index is 13.5. The Morgan fingerprint density at radius 2 is 1.90 bits per heavy atom. The van der Waals surface area contributed by atoms with Gasteiger partial charge >= 0.3 is 0 Å². The second kappa shape index (κ2) is 13.2. The number of sulfone groups is 1. The Labute approximate surface area is 243 Å². The van der Waals surface area contributed by atoms with Crippen LogP contribution < -0.4 is 10.1 Å². The van der Waals surface area contributed by atoms with Gasteiger partial charge in [0.05, 0.1) is 49.7 Å². The van der Waals surface area contributed by atoms with Crippen molar-refractivity contribution < 1.29 is 27.4 Å². The van der Waals surface area contributed by atoms with Gasteiger partial charge in [-0.2, -0.15) is 5.10 Å². The maximum absolute atomic E-state index is 13.5. The lowest BCUT2D eigenvalue weighted by Crippen LogP contribution is -2.35. The van der Waals surface area contributed by atoms with Crippen LogP contribution in [0.4, 0.5) is 5.13 Å². The molecule has 3 aromatic rings. The van der Waals surface area contributed by atoms with Gasteiger partial charge in [0.2, 0.25) is 5.88 Å². The van der Waals surface area contributed by atoms with Crippen LogP contribution in [0.1, 0.15) is 18.4 Å². The van der Waals surface area contributed by atoms with Gasteiger partial charge in [0.1, 0.15) is 10.3 Å². The number of benzene rings is 1. The van der Waals surface area contributed by atoms with Crippen molar-refractivity contribution in [2.45, 2.75) is 23.0 Å². The molecule has 1 atom stereocenters. The summed E-state index contributed by atoms with van der Waals surface area (Å²) < 4.78 is 42.4. The van der Waals surface area contributed by atoms with Crippen molar-refractivity contribution in [2.24, 2.45) is 5.10 Å². The Hall–Kier alpha value is -3.17. The molecule has 1 aromatic carbocycles. The minimum atomic E-state index is -3.53. The van der Waals surface area contributed by atoms with Crippen molar-refractivity contribution in [1.82, 2.24) is 19.9 Å². The Bertz CT molecular complexity index is 1480. The standard InChI is InChI=1S/C27H34N6O6S2/c1-32(2)11-3-14-39-23-9-8-22-26(29-23)40-27(28-22)30-25(34)24(31-33-12-16-37-17-13-33)19-4-6-20(7-5-19)41(35,36)21-10-15-38-18-21/h4-9,21H,3,10-18H2,1-2H3,(H,28,30,34)/t21-/m0/s1. The Kier molecular flexibility index (Phi) is 9.45. The predicted octanol–water partition coefficient (Wildman–Crippen LogP) is 2.26. The molecule has 2 aliphatic rings. The number of nitrogens with zero attached hydrogens (tertiary/aromatic N) is 5. The second-order valence-electron chi connectivity index (χ2n) is 10.0. The van der Waals surface area contributed by atoms with E-state index in [-0.39, 0.29) is 17.2 Å². The first-order valence-electron chi connectivity index (χ1n) is 13.5. The molecule has 5 rings (SSSR count). The maximum Gasteiger partial charge on any atom is 0.278 e. The first-order valence-corrected chi connectivity index (χ1v) is 15.9. The van der Waals surface area contributed by atoms with Gasteiger partial charge in [-0.15, -0.1) is 0 Å². The van der Waals surface area contributed by atoms with Crippen LogP contribution >= 0.6 is 11.3 Å². The summed E-state index contributed by atoms with van der Waals surface area (Å²) in [6.45, 7) is 4.17. The van der Waals surface area contributed by atoms with Crippen molar-refractivity contribution in [1.29, 1.82) is 0 Å². The summed E-state index contributed by atoms with van der Waals surface area (Å²) in [6.07, 6.45) is 1.35. The fourth-order valence-electron chi connectivity index (χ4n) is 4.43. The number of hydrogen-bond acceptors (Lipinski definition) is 12. The Morgan fingerprint density at radius 1 is 1.12 bits per heavy atom. The number of thiazole rings is 1. The molecule has 14 heteroatoms. The molecule has 0 spiro atoms. The average Bonchev–Trinajstić information content (AvgIpc) is 3.65. The SMILES string of the molecule is CN(C)CCCOc1ccc2nc(NC(=O)C(=NN3CCOCC3)c3ccc(S(=O)(=O)[C@H]4CCOC4)cc3)sc2n1. The molecule has 0 radical (unpaired) electrons. The highest BCUT2D eigenvalue weighted by atomic mass is 32.2. The van der Waals surface area contributed by atoms with Gasteiger partial charge in [-0.05, 0) is 45.1 Å². The second-order valence-corrected chi connectivity index (χ2v) is 13.2. The van der Waals surface area contributed by atoms with E-state index in [0.717, 1.165) is 13.0 Å². The lowest BCUT2D eigenvalue weighted by molar-refractivity contribution is -0.110. The number of amides is 1. The summed E-state index contributed by atoms with van der Waals surface area (Å²) in [4.78, 5) is 25.5. The van der Waals surface area contributed by atoms with E-state index in [9.17, 15) is 13.2 Å². The molecule has 12 nitrogen and oxygen atoms in total. The van der Waals surface area contributed by atoms with Crippen LogP contribution in [0, 0.1) is 0 Å². The molecule has 0 aliphatic carbocycles. The smallest absolute Gasteiger partial charge is 0.278 e. The van der Waals surface area contributed by atoms with Crippen LogP contribution in [-0.4, -0.2) is 112 Å². The fourth-order valence-corrected chi connectivity index (χ4v) is 6.84. The van der Waals surface area contributed by atoms with Crippen LogP contribution in [0.15, 0.2) is 46.4 Å². The van der Waals surface area contributed by atoms with Crippen LogP contribution in [-0.2, 0) is 24.1 Å². The van der Waals surface area contributed by atoms with Crippen molar-refractivity contribution in [3.63, 3.8) is 0 Å². The third-order valence-corrected chi connectivity index (χ3v) is 9.74. The molecule has 0 saturated carbocycles. The molecule has 2 saturated heterocycles. The third-order valence-electron chi connectivity index (χ3n) is 6.68. The highest BCUT2D eigenvalue weighted by molar-refractivity contribution is 7.92. The van der Waals surface area contributed by atoms with Crippen molar-refractivity contribution in [2.75, 3.05) is 72.1 Å². The largest absolute Gasteiger partial charge is 0.478 e. The molecule has 220 valence electrons. The number of carbonyl (C=O) groups excluding carboxylic acids is 1. The van der Waals surface area contributed by atoms with Crippen LogP contribution in [0.2, 0.25) is 0 Å². The zero-order chi connectivity index (χ0) is 28.8. The molecular weight excluding hydrogens is 568 g/mol. The van der Waals surface area contributed by atoms with Gasteiger partial charge in [0.25, 0.3) is 5.91 Å². The molecule has 1 N–H and O–H groups in total. The first kappa shape index (κ1) is 29.3. The summed E-state index contributed by atoms with van der Waals surface area (Å²) in [7, 11) is 0.503. The van der Waals surface area contributed by atoms with Gasteiger partial charge in [0, 0.05) is 24.8 Å². The number of aromatic nitrogens is 2. The molecule has 2 fully saturated rings. The quantitative estimate of drug-likeness (QED) is 0.257. The number of carbonyl (C=O) groups is 1. The first-order chi connectivity index (χ1) is 19.8.